The van der Waals surface area contributed by atoms with Crippen LogP contribution in [0.2, 0.25) is 0 Å². The number of anilines is 1. The van der Waals surface area contributed by atoms with E-state index >= 15 is 0 Å². The number of nitrogens with zero attached hydrogens (tertiary/aromatic N) is 2. The van der Waals surface area contributed by atoms with Crippen LogP contribution in [0.5, 0.6) is 11.6 Å². The van der Waals surface area contributed by atoms with Crippen molar-refractivity contribution in [3.63, 3.8) is 0 Å². The van der Waals surface area contributed by atoms with E-state index in [1.165, 1.54) is 12.4 Å². The number of benzene rings is 1. The summed E-state index contributed by atoms with van der Waals surface area (Å²) in [6.45, 7) is 2.89. The molecule has 0 bridgehead atoms. The summed E-state index contributed by atoms with van der Waals surface area (Å²) in [6.07, 6.45) is 2.40. The van der Waals surface area contributed by atoms with Crippen LogP contribution < -0.4 is 10.1 Å². The molecule has 0 unspecified atom stereocenters. The molecule has 0 aliphatic rings. The number of rotatable bonds is 5. The fourth-order valence-corrected chi connectivity index (χ4v) is 1.65. The first-order chi connectivity index (χ1) is 9.19. The van der Waals surface area contributed by atoms with Gasteiger partial charge in [0.05, 0.1) is 4.47 Å². The van der Waals surface area contributed by atoms with E-state index in [0.717, 1.165) is 13.0 Å². The van der Waals surface area contributed by atoms with Crippen LogP contribution in [-0.4, -0.2) is 16.5 Å². The lowest BCUT2D eigenvalue weighted by Crippen LogP contribution is -2.02. The first-order valence-corrected chi connectivity index (χ1v) is 6.67. The van der Waals surface area contributed by atoms with Gasteiger partial charge in [-0.2, -0.15) is 0 Å². The summed E-state index contributed by atoms with van der Waals surface area (Å²) in [5.74, 6) is 1.07. The Morgan fingerprint density at radius 3 is 2.89 bits per heavy atom. The molecule has 6 heteroatoms. The minimum Gasteiger partial charge on any atom is -0.439 e. The Balaban J connectivity index is 2.11. The molecule has 0 amide bonds. The van der Waals surface area contributed by atoms with Crippen LogP contribution >= 0.6 is 15.9 Å². The monoisotopic (exact) mass is 325 g/mol. The third kappa shape index (κ3) is 3.89. The van der Waals surface area contributed by atoms with Crippen LogP contribution in [0.1, 0.15) is 13.3 Å². The lowest BCUT2D eigenvalue weighted by Gasteiger charge is -2.07. The third-order valence-corrected chi connectivity index (χ3v) is 2.95. The number of hydrogen-bond donors (Lipinski definition) is 1. The maximum Gasteiger partial charge on any atom is 0.224 e. The second-order valence-electron chi connectivity index (χ2n) is 3.85. The molecule has 0 atom stereocenters. The average Bonchev–Trinajstić information content (AvgIpc) is 2.41. The predicted octanol–water partition coefficient (Wildman–Crippen LogP) is 3.99. The molecule has 4 nitrogen and oxygen atoms in total. The highest BCUT2D eigenvalue weighted by Gasteiger charge is 2.04. The van der Waals surface area contributed by atoms with E-state index in [1.54, 1.807) is 18.2 Å². The molecule has 0 radical (unpaired) electrons. The molecule has 100 valence electrons. The Bertz CT molecular complexity index is 565. The first-order valence-electron chi connectivity index (χ1n) is 5.88. The Hall–Kier alpha value is -1.69. The van der Waals surface area contributed by atoms with Crippen molar-refractivity contribution in [3.05, 3.63) is 40.9 Å². The maximum atomic E-state index is 13.4. The first kappa shape index (κ1) is 13.7. The van der Waals surface area contributed by atoms with E-state index < -0.39 is 0 Å². The Morgan fingerprint density at radius 2 is 2.16 bits per heavy atom. The lowest BCUT2D eigenvalue weighted by molar-refractivity contribution is 0.456. The second kappa shape index (κ2) is 6.47. The zero-order valence-electron chi connectivity index (χ0n) is 10.4. The van der Waals surface area contributed by atoms with Gasteiger partial charge in [0.15, 0.2) is 0 Å². The predicted molar refractivity (Wildman–Crippen MR) is 75.0 cm³/mol. The number of hydrogen-bond acceptors (Lipinski definition) is 4. The topological polar surface area (TPSA) is 47.0 Å². The molecule has 19 heavy (non-hydrogen) atoms. The van der Waals surface area contributed by atoms with Gasteiger partial charge in [-0.15, -0.1) is 0 Å². The fourth-order valence-electron chi connectivity index (χ4n) is 1.41. The molecule has 1 aromatic heterocycles. The summed E-state index contributed by atoms with van der Waals surface area (Å²) >= 11 is 3.09. The summed E-state index contributed by atoms with van der Waals surface area (Å²) < 4.78 is 19.2. The minimum atomic E-state index is -0.379. The molecule has 0 spiro atoms. The minimum absolute atomic E-state index is 0.371. The molecule has 2 rings (SSSR count). The van der Waals surface area contributed by atoms with Crippen molar-refractivity contribution in [2.45, 2.75) is 13.3 Å². The van der Waals surface area contributed by atoms with Gasteiger partial charge in [-0.25, -0.2) is 14.4 Å². The SMILES string of the molecule is CCCNc1cc(Oc2ccc(Br)c(F)c2)ncn1. The molecule has 0 fully saturated rings. The van der Waals surface area contributed by atoms with Crippen LogP contribution in [0.15, 0.2) is 35.1 Å². The van der Waals surface area contributed by atoms with E-state index in [0.29, 0.717) is 21.9 Å². The molecular formula is C13H13BrFN3O. The Labute approximate surface area is 119 Å². The van der Waals surface area contributed by atoms with Crippen LogP contribution in [-0.2, 0) is 0 Å². The van der Waals surface area contributed by atoms with Gasteiger partial charge in [-0.05, 0) is 34.5 Å². The molecular weight excluding hydrogens is 313 g/mol. The van der Waals surface area contributed by atoms with Crippen LogP contribution in [0.25, 0.3) is 0 Å². The molecule has 1 heterocycles. The number of aromatic nitrogens is 2. The highest BCUT2D eigenvalue weighted by molar-refractivity contribution is 9.10. The van der Waals surface area contributed by atoms with E-state index in [9.17, 15) is 4.39 Å². The molecule has 0 aliphatic carbocycles. The summed E-state index contributed by atoms with van der Waals surface area (Å²) in [4.78, 5) is 8.05. The quantitative estimate of drug-likeness (QED) is 0.902. The van der Waals surface area contributed by atoms with Crippen molar-refractivity contribution in [2.24, 2.45) is 0 Å². The van der Waals surface area contributed by atoms with E-state index in [2.05, 4.69) is 38.1 Å². The van der Waals surface area contributed by atoms with E-state index in [1.807, 2.05) is 0 Å². The largest absolute Gasteiger partial charge is 0.439 e. The van der Waals surface area contributed by atoms with Crippen molar-refractivity contribution in [2.75, 3.05) is 11.9 Å². The number of ether oxygens (including phenoxy) is 1. The molecule has 0 saturated heterocycles. The highest BCUT2D eigenvalue weighted by atomic mass is 79.9. The summed E-state index contributed by atoms with van der Waals surface area (Å²) in [6, 6.07) is 6.22. The smallest absolute Gasteiger partial charge is 0.224 e. The average molecular weight is 326 g/mol. The lowest BCUT2D eigenvalue weighted by atomic mass is 10.3. The van der Waals surface area contributed by atoms with Gasteiger partial charge in [0.25, 0.3) is 0 Å². The Morgan fingerprint density at radius 1 is 1.32 bits per heavy atom. The zero-order valence-corrected chi connectivity index (χ0v) is 11.9. The van der Waals surface area contributed by atoms with Crippen LogP contribution in [0.3, 0.4) is 0 Å². The highest BCUT2D eigenvalue weighted by Crippen LogP contribution is 2.25. The summed E-state index contributed by atoms with van der Waals surface area (Å²) in [5.41, 5.74) is 0. The van der Waals surface area contributed by atoms with Gasteiger partial charge >= 0.3 is 0 Å². The Kier molecular flexibility index (Phi) is 4.68. The van der Waals surface area contributed by atoms with Crippen LogP contribution in [0.4, 0.5) is 10.2 Å². The normalized spacial score (nSPS) is 10.3. The number of halogens is 2. The van der Waals surface area contributed by atoms with Gasteiger partial charge in [-0.3, -0.25) is 0 Å². The maximum absolute atomic E-state index is 13.4. The molecule has 1 aromatic carbocycles. The van der Waals surface area contributed by atoms with Crippen molar-refractivity contribution in [1.29, 1.82) is 0 Å². The molecule has 1 N–H and O–H groups in total. The van der Waals surface area contributed by atoms with Gasteiger partial charge in [0.2, 0.25) is 5.88 Å². The third-order valence-electron chi connectivity index (χ3n) is 2.31. The standard InChI is InChI=1S/C13H13BrFN3O/c1-2-5-16-12-7-13(18-8-17-12)19-9-3-4-10(14)11(15)6-9/h3-4,6-8H,2,5H2,1H3,(H,16,17,18). The van der Waals surface area contributed by atoms with Crippen molar-refractivity contribution >= 4 is 21.7 Å². The van der Waals surface area contributed by atoms with Crippen LogP contribution in [0, 0.1) is 5.82 Å². The number of nitrogens with one attached hydrogen (secondary N) is 1. The molecule has 0 saturated carbocycles. The van der Waals surface area contributed by atoms with E-state index in [4.69, 9.17) is 4.74 Å². The molecule has 2 aromatic rings. The molecule has 0 aliphatic heterocycles. The summed E-state index contributed by atoms with van der Waals surface area (Å²) in [5, 5.41) is 3.13. The summed E-state index contributed by atoms with van der Waals surface area (Å²) in [7, 11) is 0. The van der Waals surface area contributed by atoms with Gasteiger partial charge < -0.3 is 10.1 Å². The zero-order chi connectivity index (χ0) is 13.7. The fraction of sp³-hybridized carbons (Fsp3) is 0.231. The van der Waals surface area contributed by atoms with Gasteiger partial charge in [-0.1, -0.05) is 6.92 Å². The van der Waals surface area contributed by atoms with Gasteiger partial charge in [0.1, 0.15) is 23.7 Å². The second-order valence-corrected chi connectivity index (χ2v) is 4.70. The van der Waals surface area contributed by atoms with Crippen molar-refractivity contribution in [1.82, 2.24) is 9.97 Å². The van der Waals surface area contributed by atoms with Gasteiger partial charge in [0, 0.05) is 18.7 Å². The van der Waals surface area contributed by atoms with E-state index in [-0.39, 0.29) is 5.82 Å². The van der Waals surface area contributed by atoms with Crippen molar-refractivity contribution < 1.29 is 9.13 Å². The van der Waals surface area contributed by atoms with Crippen molar-refractivity contribution in [3.8, 4) is 11.6 Å².